The monoisotopic (exact) mass is 466 g/mol. The number of nitrogens with one attached hydrogen (secondary N) is 2. The van der Waals surface area contributed by atoms with Crippen LogP contribution in [0.5, 0.6) is 0 Å². The molecule has 4 rings (SSSR count). The highest BCUT2D eigenvalue weighted by molar-refractivity contribution is 6.36. The summed E-state index contributed by atoms with van der Waals surface area (Å²) in [6.07, 6.45) is -3.22. The van der Waals surface area contributed by atoms with Gasteiger partial charge in [-0.1, -0.05) is 41.4 Å². The molecule has 0 saturated carbocycles. The van der Waals surface area contributed by atoms with Crippen LogP contribution in [-0.4, -0.2) is 31.6 Å². The molecule has 0 fully saturated rings. The molecule has 2 atom stereocenters. The number of anilines is 1. The van der Waals surface area contributed by atoms with E-state index >= 15 is 0 Å². The van der Waals surface area contributed by atoms with Crippen LogP contribution >= 0.6 is 11.6 Å². The average Bonchev–Trinajstić information content (AvgIpc) is 3.25. The van der Waals surface area contributed by atoms with E-state index in [9.17, 15) is 18.0 Å². The molecule has 2 aromatic heterocycles. The molecule has 3 heterocycles. The Kier molecular flexibility index (Phi) is 5.66. The van der Waals surface area contributed by atoms with Crippen LogP contribution in [0.4, 0.5) is 19.0 Å². The van der Waals surface area contributed by atoms with Gasteiger partial charge in [-0.25, -0.2) is 4.68 Å². The first-order chi connectivity index (χ1) is 15.1. The molecule has 0 radical (unpaired) electrons. The first-order valence-electron chi connectivity index (χ1n) is 9.99. The van der Waals surface area contributed by atoms with Gasteiger partial charge in [0.2, 0.25) is 0 Å². The Bertz CT molecular complexity index is 1150. The van der Waals surface area contributed by atoms with Crippen molar-refractivity contribution in [3.05, 3.63) is 63.6 Å². The van der Waals surface area contributed by atoms with Crippen molar-refractivity contribution >= 4 is 23.3 Å². The smallest absolute Gasteiger partial charge is 0.362 e. The zero-order chi connectivity index (χ0) is 23.2. The Balaban J connectivity index is 1.63. The van der Waals surface area contributed by atoms with Gasteiger partial charge in [0.25, 0.3) is 5.91 Å². The first-order valence-corrected chi connectivity index (χ1v) is 10.4. The number of carbonyl (C=O) groups is 1. The Hall–Kier alpha value is -3.01. The zero-order valence-corrected chi connectivity index (χ0v) is 18.4. The van der Waals surface area contributed by atoms with E-state index < -0.39 is 24.2 Å². The third kappa shape index (κ3) is 4.06. The molecule has 1 aromatic carbocycles. The lowest BCUT2D eigenvalue weighted by Gasteiger charge is -2.33. The number of benzene rings is 1. The molecule has 0 aliphatic carbocycles. The SMILES string of the molecule is Cc1ccc(C2CC(C(F)(F)F)n3nc(C(=O)NCc4cnn(C)c4C)c(Cl)c3N2)cc1. The second-order valence-corrected chi connectivity index (χ2v) is 8.30. The summed E-state index contributed by atoms with van der Waals surface area (Å²) in [5, 5.41) is 13.6. The predicted molar refractivity (Wildman–Crippen MR) is 114 cm³/mol. The Labute approximate surface area is 187 Å². The molecule has 32 heavy (non-hydrogen) atoms. The molecule has 1 aliphatic rings. The second kappa shape index (κ2) is 8.16. The molecular weight excluding hydrogens is 445 g/mol. The number of rotatable bonds is 4. The standard InChI is InChI=1S/C21H22ClF3N6O/c1-11-4-6-13(7-5-11)15-8-16(21(23,24)25)31-19(28-15)17(22)18(29-31)20(32)26-9-14-10-27-30(3)12(14)2/h4-7,10,15-16,28H,8-9H2,1-3H3,(H,26,32). The van der Waals surface area contributed by atoms with Crippen molar-refractivity contribution in [2.75, 3.05) is 5.32 Å². The number of amides is 1. The molecule has 0 spiro atoms. The molecule has 11 heteroatoms. The quantitative estimate of drug-likeness (QED) is 0.594. The van der Waals surface area contributed by atoms with Gasteiger partial charge in [-0.15, -0.1) is 0 Å². The molecule has 2 unspecified atom stereocenters. The van der Waals surface area contributed by atoms with Crippen LogP contribution in [0.25, 0.3) is 0 Å². The Morgan fingerprint density at radius 1 is 1.28 bits per heavy atom. The highest BCUT2D eigenvalue weighted by Crippen LogP contribution is 2.46. The number of aromatic nitrogens is 4. The molecular formula is C21H22ClF3N6O. The van der Waals surface area contributed by atoms with E-state index in [1.165, 1.54) is 0 Å². The Morgan fingerprint density at radius 2 is 1.97 bits per heavy atom. The maximum atomic E-state index is 13.9. The van der Waals surface area contributed by atoms with Gasteiger partial charge in [0.05, 0.1) is 12.2 Å². The van der Waals surface area contributed by atoms with Crippen molar-refractivity contribution in [2.45, 2.75) is 45.1 Å². The summed E-state index contributed by atoms with van der Waals surface area (Å²) in [5.41, 5.74) is 3.09. The molecule has 7 nitrogen and oxygen atoms in total. The van der Waals surface area contributed by atoms with Crippen LogP contribution in [0, 0.1) is 13.8 Å². The van der Waals surface area contributed by atoms with Crippen LogP contribution in [0.3, 0.4) is 0 Å². The summed E-state index contributed by atoms with van der Waals surface area (Å²) < 4.78 is 44.1. The third-order valence-corrected chi connectivity index (χ3v) is 6.12. The number of aryl methyl sites for hydroxylation is 2. The summed E-state index contributed by atoms with van der Waals surface area (Å²) in [5.74, 6) is -0.678. The van der Waals surface area contributed by atoms with Crippen LogP contribution < -0.4 is 10.6 Å². The Morgan fingerprint density at radius 3 is 2.56 bits per heavy atom. The lowest BCUT2D eigenvalue weighted by atomic mass is 9.96. The number of hydrogen-bond donors (Lipinski definition) is 2. The third-order valence-electron chi connectivity index (χ3n) is 5.77. The molecule has 2 N–H and O–H groups in total. The van der Waals surface area contributed by atoms with Crippen molar-refractivity contribution in [1.29, 1.82) is 0 Å². The van der Waals surface area contributed by atoms with E-state index in [0.717, 1.165) is 21.5 Å². The maximum absolute atomic E-state index is 13.9. The fourth-order valence-corrected chi connectivity index (χ4v) is 3.99. The van der Waals surface area contributed by atoms with Gasteiger partial charge in [0.15, 0.2) is 11.7 Å². The largest absolute Gasteiger partial charge is 0.410 e. The molecule has 0 saturated heterocycles. The summed E-state index contributed by atoms with van der Waals surface area (Å²) in [7, 11) is 1.77. The van der Waals surface area contributed by atoms with Gasteiger partial charge < -0.3 is 10.6 Å². The number of alkyl halides is 3. The van der Waals surface area contributed by atoms with Crippen LogP contribution in [-0.2, 0) is 13.6 Å². The van der Waals surface area contributed by atoms with Gasteiger partial charge >= 0.3 is 6.18 Å². The number of nitrogens with zero attached hydrogens (tertiary/aromatic N) is 4. The average molecular weight is 467 g/mol. The fourth-order valence-electron chi connectivity index (χ4n) is 3.73. The lowest BCUT2D eigenvalue weighted by molar-refractivity contribution is -0.173. The van der Waals surface area contributed by atoms with Crippen molar-refractivity contribution < 1.29 is 18.0 Å². The molecule has 0 bridgehead atoms. The summed E-state index contributed by atoms with van der Waals surface area (Å²) >= 11 is 6.36. The van der Waals surface area contributed by atoms with Crippen LogP contribution in [0.15, 0.2) is 30.5 Å². The van der Waals surface area contributed by atoms with E-state index in [1.54, 1.807) is 30.1 Å². The van der Waals surface area contributed by atoms with Crippen LogP contribution in [0.2, 0.25) is 5.02 Å². The normalized spacial score (nSPS) is 18.2. The fraction of sp³-hybridized carbons (Fsp3) is 0.381. The predicted octanol–water partition coefficient (Wildman–Crippen LogP) is 4.48. The zero-order valence-electron chi connectivity index (χ0n) is 17.7. The first kappa shape index (κ1) is 22.2. The van der Waals surface area contributed by atoms with Crippen molar-refractivity contribution in [2.24, 2.45) is 7.05 Å². The molecule has 170 valence electrons. The van der Waals surface area contributed by atoms with E-state index in [2.05, 4.69) is 20.8 Å². The van der Waals surface area contributed by atoms with Crippen molar-refractivity contribution in [3.63, 3.8) is 0 Å². The van der Waals surface area contributed by atoms with Gasteiger partial charge in [0, 0.05) is 31.3 Å². The highest BCUT2D eigenvalue weighted by Gasteiger charge is 2.47. The highest BCUT2D eigenvalue weighted by atomic mass is 35.5. The van der Waals surface area contributed by atoms with E-state index in [-0.39, 0.29) is 29.5 Å². The minimum absolute atomic E-state index is 0.0199. The van der Waals surface area contributed by atoms with E-state index in [4.69, 9.17) is 11.6 Å². The lowest BCUT2D eigenvalue weighted by Crippen LogP contribution is -2.35. The van der Waals surface area contributed by atoms with Gasteiger partial charge in [-0.2, -0.15) is 23.4 Å². The molecule has 1 aliphatic heterocycles. The molecule has 3 aromatic rings. The molecule has 1 amide bonds. The maximum Gasteiger partial charge on any atom is 0.410 e. The van der Waals surface area contributed by atoms with Crippen molar-refractivity contribution in [1.82, 2.24) is 24.9 Å². The number of halogens is 4. The van der Waals surface area contributed by atoms with Gasteiger partial charge in [-0.3, -0.25) is 9.48 Å². The van der Waals surface area contributed by atoms with Gasteiger partial charge in [0.1, 0.15) is 10.8 Å². The minimum Gasteiger partial charge on any atom is -0.362 e. The number of hydrogen-bond acceptors (Lipinski definition) is 4. The van der Waals surface area contributed by atoms with Crippen LogP contribution in [0.1, 0.15) is 51.4 Å². The van der Waals surface area contributed by atoms with E-state index in [1.807, 2.05) is 26.0 Å². The van der Waals surface area contributed by atoms with Crippen molar-refractivity contribution in [3.8, 4) is 0 Å². The topological polar surface area (TPSA) is 76.8 Å². The number of carbonyl (C=O) groups excluding carboxylic acids is 1. The second-order valence-electron chi connectivity index (χ2n) is 7.92. The summed E-state index contributed by atoms with van der Waals surface area (Å²) in [4.78, 5) is 12.7. The van der Waals surface area contributed by atoms with E-state index in [0.29, 0.717) is 5.56 Å². The minimum atomic E-state index is -4.56. The summed E-state index contributed by atoms with van der Waals surface area (Å²) in [6.45, 7) is 3.90. The van der Waals surface area contributed by atoms with Gasteiger partial charge in [-0.05, 0) is 19.4 Å². The number of fused-ring (bicyclic) bond motifs is 1. The summed E-state index contributed by atoms with van der Waals surface area (Å²) in [6, 6.07) is 4.70.